The fourth-order valence-electron chi connectivity index (χ4n) is 2.49. The second-order valence-electron chi connectivity index (χ2n) is 5.38. The molecule has 3 aromatic rings. The maximum absolute atomic E-state index is 14.2. The average Bonchev–Trinajstić information content (AvgIpc) is 2.65. The van der Waals surface area contributed by atoms with E-state index in [1.807, 2.05) is 0 Å². The van der Waals surface area contributed by atoms with Crippen molar-refractivity contribution in [1.82, 2.24) is 4.98 Å². The van der Waals surface area contributed by atoms with E-state index in [-0.39, 0.29) is 5.69 Å². The van der Waals surface area contributed by atoms with E-state index in [1.165, 1.54) is 24.3 Å². The Morgan fingerprint density at radius 3 is 1.93 bits per heavy atom. The number of aromatic nitrogens is 1. The maximum Gasteiger partial charge on any atom is 0.200 e. The third-order valence-corrected chi connectivity index (χ3v) is 4.03. The van der Waals surface area contributed by atoms with Crippen LogP contribution in [0, 0.1) is 40.4 Å². The highest BCUT2D eigenvalue weighted by atomic mass is 35.5. The lowest BCUT2D eigenvalue weighted by atomic mass is 9.97. The van der Waals surface area contributed by atoms with Gasteiger partial charge in [-0.3, -0.25) is 0 Å². The first-order chi connectivity index (χ1) is 12.8. The van der Waals surface area contributed by atoms with E-state index in [1.54, 1.807) is 6.07 Å². The minimum Gasteiger partial charge on any atom is -0.383 e. The van der Waals surface area contributed by atoms with Crippen molar-refractivity contribution in [3.63, 3.8) is 0 Å². The van der Waals surface area contributed by atoms with Crippen LogP contribution in [0.2, 0.25) is 5.02 Å². The van der Waals surface area contributed by atoms with Gasteiger partial charge in [-0.1, -0.05) is 23.7 Å². The van der Waals surface area contributed by atoms with E-state index >= 15 is 0 Å². The number of nitrogens with two attached hydrogens (primary N) is 1. The number of benzene rings is 2. The fourth-order valence-corrected chi connectivity index (χ4v) is 2.62. The van der Waals surface area contributed by atoms with E-state index in [2.05, 4.69) is 4.98 Å². The lowest BCUT2D eigenvalue weighted by Crippen LogP contribution is -2.07. The van der Waals surface area contributed by atoms with Gasteiger partial charge in [-0.2, -0.15) is 5.26 Å². The number of rotatable bonds is 2. The van der Waals surface area contributed by atoms with Crippen molar-refractivity contribution in [2.75, 3.05) is 5.73 Å². The molecule has 9 heteroatoms. The quantitative estimate of drug-likeness (QED) is 0.367. The summed E-state index contributed by atoms with van der Waals surface area (Å²) in [6.45, 7) is 0. The molecule has 1 heterocycles. The number of hydrogen-bond donors (Lipinski definition) is 1. The molecule has 1 aromatic heterocycles. The summed E-state index contributed by atoms with van der Waals surface area (Å²) in [5.74, 6) is -11.1. The van der Waals surface area contributed by atoms with Crippen LogP contribution >= 0.6 is 11.6 Å². The zero-order valence-electron chi connectivity index (χ0n) is 13.1. The van der Waals surface area contributed by atoms with Crippen molar-refractivity contribution in [1.29, 1.82) is 5.26 Å². The van der Waals surface area contributed by atoms with Gasteiger partial charge in [0.05, 0.1) is 11.3 Å². The minimum absolute atomic E-state index is 0.0575. The van der Waals surface area contributed by atoms with Crippen LogP contribution in [0.5, 0.6) is 0 Å². The van der Waals surface area contributed by atoms with Crippen LogP contribution in [-0.2, 0) is 0 Å². The molecule has 27 heavy (non-hydrogen) atoms. The van der Waals surface area contributed by atoms with Gasteiger partial charge < -0.3 is 5.73 Å². The molecule has 0 spiro atoms. The second-order valence-corrected chi connectivity index (χ2v) is 5.82. The number of anilines is 1. The van der Waals surface area contributed by atoms with Gasteiger partial charge in [0.25, 0.3) is 0 Å². The van der Waals surface area contributed by atoms with Crippen LogP contribution in [0.4, 0.5) is 27.8 Å². The molecule has 0 saturated carbocycles. The molecular formula is C18H7ClF5N3. The maximum atomic E-state index is 14.2. The lowest BCUT2D eigenvalue weighted by molar-refractivity contribution is 0.381. The van der Waals surface area contributed by atoms with Gasteiger partial charge in [0.15, 0.2) is 23.3 Å². The normalized spacial score (nSPS) is 10.7. The largest absolute Gasteiger partial charge is 0.383 e. The van der Waals surface area contributed by atoms with E-state index in [9.17, 15) is 27.2 Å². The predicted octanol–water partition coefficient (Wildman–Crippen LogP) is 5.22. The number of halogens is 6. The first-order valence-corrected chi connectivity index (χ1v) is 7.62. The van der Waals surface area contributed by atoms with Gasteiger partial charge in [-0.15, -0.1) is 0 Å². The Bertz CT molecular complexity index is 1080. The van der Waals surface area contributed by atoms with Crippen molar-refractivity contribution >= 4 is 17.4 Å². The molecule has 0 aliphatic carbocycles. The number of pyridine rings is 1. The first kappa shape index (κ1) is 18.6. The van der Waals surface area contributed by atoms with Gasteiger partial charge in [0.1, 0.15) is 17.5 Å². The predicted molar refractivity (Wildman–Crippen MR) is 89.0 cm³/mol. The van der Waals surface area contributed by atoms with Crippen molar-refractivity contribution in [2.24, 2.45) is 0 Å². The van der Waals surface area contributed by atoms with Gasteiger partial charge >= 0.3 is 0 Å². The smallest absolute Gasteiger partial charge is 0.200 e. The second kappa shape index (κ2) is 6.85. The summed E-state index contributed by atoms with van der Waals surface area (Å²) in [4.78, 5) is 3.96. The fraction of sp³-hybridized carbons (Fsp3) is 0. The van der Waals surface area contributed by atoms with Crippen molar-refractivity contribution in [3.05, 3.63) is 70.0 Å². The van der Waals surface area contributed by atoms with Gasteiger partial charge in [0, 0.05) is 16.1 Å². The third-order valence-electron chi connectivity index (χ3n) is 3.78. The van der Waals surface area contributed by atoms with Gasteiger partial charge in [-0.25, -0.2) is 26.9 Å². The molecule has 0 amide bonds. The molecule has 3 rings (SSSR count). The van der Waals surface area contributed by atoms with Crippen molar-refractivity contribution in [3.8, 4) is 28.5 Å². The summed E-state index contributed by atoms with van der Waals surface area (Å²) >= 11 is 5.79. The molecule has 0 saturated heterocycles. The first-order valence-electron chi connectivity index (χ1n) is 7.24. The summed E-state index contributed by atoms with van der Waals surface area (Å²) in [7, 11) is 0. The molecule has 0 fully saturated rings. The minimum atomic E-state index is -2.30. The number of hydrogen-bond acceptors (Lipinski definition) is 3. The Hall–Kier alpha value is -3.18. The third kappa shape index (κ3) is 3.06. The topological polar surface area (TPSA) is 62.7 Å². The molecule has 0 bridgehead atoms. The van der Waals surface area contributed by atoms with Crippen LogP contribution in [-0.4, -0.2) is 4.98 Å². The van der Waals surface area contributed by atoms with E-state index in [0.717, 1.165) is 6.07 Å². The monoisotopic (exact) mass is 395 g/mol. The number of nitrogens with zero attached hydrogens (tertiary/aromatic N) is 2. The molecule has 0 unspecified atom stereocenters. The summed E-state index contributed by atoms with van der Waals surface area (Å²) < 4.78 is 68.9. The molecule has 3 nitrogen and oxygen atoms in total. The molecule has 0 radical (unpaired) electrons. The highest BCUT2D eigenvalue weighted by Gasteiger charge is 2.29. The Balaban J connectivity index is 2.37. The zero-order valence-corrected chi connectivity index (χ0v) is 13.9. The lowest BCUT2D eigenvalue weighted by Gasteiger charge is -2.13. The zero-order chi connectivity index (χ0) is 19.9. The molecule has 2 N–H and O–H groups in total. The molecule has 136 valence electrons. The van der Waals surface area contributed by atoms with Crippen molar-refractivity contribution < 1.29 is 22.0 Å². The average molecular weight is 396 g/mol. The molecule has 0 atom stereocenters. The SMILES string of the molecule is N#Cc1c(-c2c(F)c(F)c(F)c(F)c2F)cc(-c2ccc(Cl)cc2)nc1N. The Labute approximate surface area is 154 Å². The van der Waals surface area contributed by atoms with Crippen LogP contribution in [0.25, 0.3) is 22.4 Å². The summed E-state index contributed by atoms with van der Waals surface area (Å²) in [5, 5.41) is 9.64. The van der Waals surface area contributed by atoms with Crippen LogP contribution in [0.3, 0.4) is 0 Å². The Kier molecular flexibility index (Phi) is 4.72. The summed E-state index contributed by atoms with van der Waals surface area (Å²) in [5.41, 5.74) is 3.80. The van der Waals surface area contributed by atoms with Crippen LogP contribution in [0.15, 0.2) is 30.3 Å². The Morgan fingerprint density at radius 1 is 0.889 bits per heavy atom. The highest BCUT2D eigenvalue weighted by molar-refractivity contribution is 6.30. The van der Waals surface area contributed by atoms with E-state index in [0.29, 0.717) is 10.6 Å². The molecule has 0 aliphatic rings. The van der Waals surface area contributed by atoms with Gasteiger partial charge in [0.2, 0.25) is 5.82 Å². The number of nitriles is 1. The van der Waals surface area contributed by atoms with Crippen molar-refractivity contribution in [2.45, 2.75) is 0 Å². The van der Waals surface area contributed by atoms with E-state index in [4.69, 9.17) is 17.3 Å². The summed E-state index contributed by atoms with van der Waals surface area (Å²) in [6.07, 6.45) is 0. The Morgan fingerprint density at radius 2 is 1.41 bits per heavy atom. The summed E-state index contributed by atoms with van der Waals surface area (Å²) in [6, 6.07) is 8.64. The standard InChI is InChI=1S/C18H7ClF5N3/c19-8-3-1-7(2-4-8)11-5-9(10(6-25)18(26)27-11)12-13(20)15(22)17(24)16(23)14(12)21/h1-5H,(H2,26,27). The van der Waals surface area contributed by atoms with E-state index < -0.39 is 51.6 Å². The van der Waals surface area contributed by atoms with Crippen LogP contribution < -0.4 is 5.73 Å². The van der Waals surface area contributed by atoms with Gasteiger partial charge in [-0.05, 0) is 18.2 Å². The van der Waals surface area contributed by atoms with Crippen LogP contribution in [0.1, 0.15) is 5.56 Å². The molecular weight excluding hydrogens is 389 g/mol. The molecule has 0 aliphatic heterocycles. The number of nitrogen functional groups attached to an aromatic ring is 1. The highest BCUT2D eigenvalue weighted by Crippen LogP contribution is 2.37. The molecule has 2 aromatic carbocycles.